The number of fused-ring (bicyclic) bond motifs is 1. The van der Waals surface area contributed by atoms with E-state index >= 15 is 0 Å². The van der Waals surface area contributed by atoms with Gasteiger partial charge >= 0.3 is 5.97 Å². The lowest BCUT2D eigenvalue weighted by Gasteiger charge is -2.13. The molecule has 0 aromatic heterocycles. The van der Waals surface area contributed by atoms with E-state index in [1.807, 2.05) is 6.92 Å². The molecule has 104 valence electrons. The third-order valence-electron chi connectivity index (χ3n) is 3.03. The minimum atomic E-state index is -0.915. The van der Waals surface area contributed by atoms with Crippen LogP contribution in [-0.2, 0) is 4.79 Å². The van der Waals surface area contributed by atoms with Gasteiger partial charge in [0.05, 0.1) is 19.3 Å². The molecule has 0 saturated carbocycles. The van der Waals surface area contributed by atoms with Crippen LogP contribution >= 0.6 is 0 Å². The van der Waals surface area contributed by atoms with Crippen molar-refractivity contribution in [1.82, 2.24) is 0 Å². The lowest BCUT2D eigenvalue weighted by molar-refractivity contribution is -0.137. The van der Waals surface area contributed by atoms with E-state index in [9.17, 15) is 9.90 Å². The van der Waals surface area contributed by atoms with Crippen LogP contribution < -0.4 is 9.47 Å². The van der Waals surface area contributed by atoms with Crippen LogP contribution in [0.15, 0.2) is 18.2 Å². The van der Waals surface area contributed by atoms with E-state index in [0.717, 1.165) is 0 Å². The van der Waals surface area contributed by atoms with Gasteiger partial charge in [0.1, 0.15) is 0 Å². The van der Waals surface area contributed by atoms with Crippen molar-refractivity contribution in [2.24, 2.45) is 5.92 Å². The second kappa shape index (κ2) is 5.93. The third kappa shape index (κ3) is 3.61. The lowest BCUT2D eigenvalue weighted by atomic mass is 10.0. The van der Waals surface area contributed by atoms with E-state index in [1.165, 1.54) is 0 Å². The molecule has 0 saturated heterocycles. The molecule has 2 rings (SSSR count). The molecule has 0 amide bonds. The fourth-order valence-corrected chi connectivity index (χ4v) is 1.90. The summed E-state index contributed by atoms with van der Waals surface area (Å²) in [6, 6.07) is 5.22. The number of carboxylic acid groups (broad SMARTS) is 1. The van der Waals surface area contributed by atoms with Crippen LogP contribution in [0.5, 0.6) is 11.5 Å². The highest BCUT2D eigenvalue weighted by Crippen LogP contribution is 2.33. The molecule has 0 bridgehead atoms. The van der Waals surface area contributed by atoms with Crippen LogP contribution in [0, 0.1) is 5.92 Å². The third-order valence-corrected chi connectivity index (χ3v) is 3.03. The summed E-state index contributed by atoms with van der Waals surface area (Å²) < 4.78 is 11.2. The first-order valence-corrected chi connectivity index (χ1v) is 6.35. The Labute approximate surface area is 111 Å². The molecular weight excluding hydrogens is 248 g/mol. The summed E-state index contributed by atoms with van der Waals surface area (Å²) in [6.07, 6.45) is -0.677. The topological polar surface area (TPSA) is 76.0 Å². The van der Waals surface area contributed by atoms with Crippen molar-refractivity contribution >= 4 is 5.97 Å². The largest absolute Gasteiger partial charge is 0.489 e. The Morgan fingerprint density at radius 2 is 2.05 bits per heavy atom. The van der Waals surface area contributed by atoms with Gasteiger partial charge in [-0.05, 0) is 24.1 Å². The van der Waals surface area contributed by atoms with Crippen LogP contribution in [0.1, 0.15) is 31.4 Å². The van der Waals surface area contributed by atoms with E-state index in [-0.39, 0.29) is 12.8 Å². The van der Waals surface area contributed by atoms with Crippen LogP contribution in [0.4, 0.5) is 0 Å². The van der Waals surface area contributed by atoms with Gasteiger partial charge in [-0.2, -0.15) is 0 Å². The predicted octanol–water partition coefficient (Wildman–Crippen LogP) is 1.99. The molecule has 0 fully saturated rings. The Morgan fingerprint density at radius 3 is 2.74 bits per heavy atom. The van der Waals surface area contributed by atoms with Crippen LogP contribution in [0.2, 0.25) is 0 Å². The molecule has 1 unspecified atom stereocenters. The molecule has 0 aliphatic carbocycles. The Bertz CT molecular complexity index is 457. The minimum absolute atomic E-state index is 0.0629. The summed E-state index contributed by atoms with van der Waals surface area (Å²) in [4.78, 5) is 10.5. The quantitative estimate of drug-likeness (QED) is 0.871. The summed E-state index contributed by atoms with van der Waals surface area (Å²) >= 11 is 0. The molecule has 1 aliphatic rings. The molecule has 5 heteroatoms. The van der Waals surface area contributed by atoms with Gasteiger partial charge in [-0.1, -0.05) is 13.0 Å². The number of benzene rings is 1. The summed E-state index contributed by atoms with van der Waals surface area (Å²) in [7, 11) is 0. The number of ether oxygens (including phenoxy) is 2. The van der Waals surface area contributed by atoms with Gasteiger partial charge in [-0.15, -0.1) is 0 Å². The van der Waals surface area contributed by atoms with Crippen molar-refractivity contribution in [2.45, 2.75) is 25.9 Å². The second-order valence-corrected chi connectivity index (χ2v) is 4.88. The Morgan fingerprint density at radius 1 is 1.37 bits per heavy atom. The van der Waals surface area contributed by atoms with Gasteiger partial charge < -0.3 is 19.7 Å². The first-order chi connectivity index (χ1) is 9.06. The number of hydrogen-bond donors (Lipinski definition) is 2. The Hall–Kier alpha value is -1.75. The Kier molecular flexibility index (Phi) is 4.27. The standard InChI is InChI=1S/C14H18O5/c1-9-7-18-12-4-2-10(6-13(12)19-8-9)11(15)3-5-14(16)17/h2,4,6,9,11,15H,3,5,7-8H2,1H3,(H,16,17)/t9?,11-/m1/s1. The van der Waals surface area contributed by atoms with E-state index in [4.69, 9.17) is 14.6 Å². The molecule has 2 N–H and O–H groups in total. The highest BCUT2D eigenvalue weighted by atomic mass is 16.5. The molecule has 1 aromatic rings. The molecule has 19 heavy (non-hydrogen) atoms. The average molecular weight is 266 g/mol. The number of carbonyl (C=O) groups is 1. The number of carboxylic acids is 1. The zero-order valence-electron chi connectivity index (χ0n) is 10.8. The van der Waals surface area contributed by atoms with E-state index in [1.54, 1.807) is 18.2 Å². The predicted molar refractivity (Wildman–Crippen MR) is 68.4 cm³/mol. The fourth-order valence-electron chi connectivity index (χ4n) is 1.90. The molecule has 5 nitrogen and oxygen atoms in total. The number of hydrogen-bond acceptors (Lipinski definition) is 4. The first-order valence-electron chi connectivity index (χ1n) is 6.35. The smallest absolute Gasteiger partial charge is 0.303 e. The molecule has 2 atom stereocenters. The van der Waals surface area contributed by atoms with Crippen molar-refractivity contribution in [2.75, 3.05) is 13.2 Å². The van der Waals surface area contributed by atoms with Crippen molar-refractivity contribution in [3.05, 3.63) is 23.8 Å². The number of aliphatic hydroxyl groups excluding tert-OH is 1. The highest BCUT2D eigenvalue weighted by molar-refractivity contribution is 5.66. The molecule has 0 spiro atoms. The fraction of sp³-hybridized carbons (Fsp3) is 0.500. The molecule has 0 radical (unpaired) electrons. The van der Waals surface area contributed by atoms with Gasteiger partial charge in [-0.3, -0.25) is 4.79 Å². The summed E-state index contributed by atoms with van der Waals surface area (Å²) in [5.41, 5.74) is 0.651. The summed E-state index contributed by atoms with van der Waals surface area (Å²) in [5, 5.41) is 18.5. The minimum Gasteiger partial charge on any atom is -0.489 e. The number of aliphatic hydroxyl groups is 1. The molecule has 1 aliphatic heterocycles. The second-order valence-electron chi connectivity index (χ2n) is 4.88. The zero-order valence-corrected chi connectivity index (χ0v) is 10.8. The van der Waals surface area contributed by atoms with Gasteiger partial charge in [0, 0.05) is 12.3 Å². The molecule has 1 heterocycles. The van der Waals surface area contributed by atoms with Crippen molar-refractivity contribution in [3.63, 3.8) is 0 Å². The number of rotatable bonds is 4. The lowest BCUT2D eigenvalue weighted by Crippen LogP contribution is -2.12. The van der Waals surface area contributed by atoms with E-state index in [0.29, 0.717) is 36.2 Å². The van der Waals surface area contributed by atoms with Gasteiger partial charge in [0.2, 0.25) is 0 Å². The number of aliphatic carboxylic acids is 1. The van der Waals surface area contributed by atoms with Gasteiger partial charge in [-0.25, -0.2) is 0 Å². The van der Waals surface area contributed by atoms with Crippen molar-refractivity contribution in [3.8, 4) is 11.5 Å². The highest BCUT2D eigenvalue weighted by Gasteiger charge is 2.17. The molecule has 1 aromatic carbocycles. The Balaban J connectivity index is 2.10. The van der Waals surface area contributed by atoms with Crippen LogP contribution in [0.3, 0.4) is 0 Å². The van der Waals surface area contributed by atoms with Crippen molar-refractivity contribution < 1.29 is 24.5 Å². The molecular formula is C14H18O5. The summed E-state index contributed by atoms with van der Waals surface area (Å²) in [6.45, 7) is 3.21. The van der Waals surface area contributed by atoms with Gasteiger partial charge in [0.25, 0.3) is 0 Å². The normalized spacial score (nSPS) is 19.6. The maximum atomic E-state index is 10.5. The van der Waals surface area contributed by atoms with Crippen LogP contribution in [-0.4, -0.2) is 29.4 Å². The zero-order chi connectivity index (χ0) is 13.8. The SMILES string of the molecule is CC1COc2ccc([C@H](O)CCC(=O)O)cc2OC1. The maximum absolute atomic E-state index is 10.5. The van der Waals surface area contributed by atoms with E-state index < -0.39 is 12.1 Å². The van der Waals surface area contributed by atoms with E-state index in [2.05, 4.69) is 0 Å². The first kappa shape index (κ1) is 13.7. The summed E-state index contributed by atoms with van der Waals surface area (Å²) in [5.74, 6) is 0.671. The average Bonchev–Trinajstić information content (AvgIpc) is 2.58. The van der Waals surface area contributed by atoms with Gasteiger partial charge in [0.15, 0.2) is 11.5 Å². The maximum Gasteiger partial charge on any atom is 0.303 e. The van der Waals surface area contributed by atoms with Crippen molar-refractivity contribution in [1.29, 1.82) is 0 Å². The monoisotopic (exact) mass is 266 g/mol. The van der Waals surface area contributed by atoms with Crippen LogP contribution in [0.25, 0.3) is 0 Å².